The molecule has 108 valence electrons. The van der Waals surface area contributed by atoms with Crippen molar-refractivity contribution in [1.82, 2.24) is 10.3 Å². The number of anilines is 1. The minimum absolute atomic E-state index is 0.217. The highest BCUT2D eigenvalue weighted by molar-refractivity contribution is 6.00. The fourth-order valence-corrected chi connectivity index (χ4v) is 2.03. The standard InChI is InChI=1S/C14H19N3O3/c1-20-8-10(18)5-6-16-14(19)12-7-9-3-2-4-11(15)13(9)17-12/h2-4,7,10,17-18H,5-6,8,15H2,1H3,(H,16,19). The van der Waals surface area contributed by atoms with E-state index in [1.165, 1.54) is 7.11 Å². The maximum Gasteiger partial charge on any atom is 0.267 e. The molecule has 0 aliphatic carbocycles. The number of H-pyrrole nitrogens is 1. The predicted molar refractivity (Wildman–Crippen MR) is 77.5 cm³/mol. The molecule has 1 aromatic heterocycles. The number of benzene rings is 1. The van der Waals surface area contributed by atoms with Crippen molar-refractivity contribution < 1.29 is 14.6 Å². The summed E-state index contributed by atoms with van der Waals surface area (Å²) in [5.74, 6) is -0.217. The first-order chi connectivity index (χ1) is 9.61. The summed E-state index contributed by atoms with van der Waals surface area (Å²) in [6.45, 7) is 0.646. The number of nitrogens with two attached hydrogens (primary N) is 1. The number of para-hydroxylation sites is 1. The van der Waals surface area contributed by atoms with E-state index in [0.717, 1.165) is 10.9 Å². The van der Waals surface area contributed by atoms with Crippen molar-refractivity contribution in [2.24, 2.45) is 0 Å². The Bertz CT molecular complexity index is 594. The Balaban J connectivity index is 1.96. The van der Waals surface area contributed by atoms with Crippen LogP contribution >= 0.6 is 0 Å². The second-order valence-electron chi connectivity index (χ2n) is 4.65. The van der Waals surface area contributed by atoms with Crippen LogP contribution in [0.25, 0.3) is 10.9 Å². The van der Waals surface area contributed by atoms with Gasteiger partial charge in [-0.05, 0) is 18.6 Å². The average molecular weight is 277 g/mol. The Kier molecular flexibility index (Phi) is 4.60. The highest BCUT2D eigenvalue weighted by atomic mass is 16.5. The number of nitrogens with one attached hydrogen (secondary N) is 2. The highest BCUT2D eigenvalue weighted by Crippen LogP contribution is 2.20. The molecule has 6 nitrogen and oxygen atoms in total. The van der Waals surface area contributed by atoms with Crippen molar-refractivity contribution in [1.29, 1.82) is 0 Å². The molecule has 1 unspecified atom stereocenters. The minimum atomic E-state index is -0.571. The highest BCUT2D eigenvalue weighted by Gasteiger charge is 2.11. The van der Waals surface area contributed by atoms with Crippen molar-refractivity contribution in [2.75, 3.05) is 26.0 Å². The molecule has 0 saturated carbocycles. The van der Waals surface area contributed by atoms with E-state index in [9.17, 15) is 9.90 Å². The predicted octanol–water partition coefficient (Wildman–Crippen LogP) is 0.877. The van der Waals surface area contributed by atoms with Gasteiger partial charge < -0.3 is 25.9 Å². The quantitative estimate of drug-likeness (QED) is 0.589. The van der Waals surface area contributed by atoms with Gasteiger partial charge in [-0.15, -0.1) is 0 Å². The molecule has 1 heterocycles. The van der Waals surface area contributed by atoms with Crippen LogP contribution in [0.3, 0.4) is 0 Å². The minimum Gasteiger partial charge on any atom is -0.397 e. The van der Waals surface area contributed by atoms with Gasteiger partial charge in [0.1, 0.15) is 5.69 Å². The lowest BCUT2D eigenvalue weighted by Crippen LogP contribution is -2.28. The number of carbonyl (C=O) groups is 1. The lowest BCUT2D eigenvalue weighted by atomic mass is 10.2. The van der Waals surface area contributed by atoms with Crippen LogP contribution in [0.15, 0.2) is 24.3 Å². The fourth-order valence-electron chi connectivity index (χ4n) is 2.03. The number of rotatable bonds is 6. The Labute approximate surface area is 116 Å². The van der Waals surface area contributed by atoms with Crippen LogP contribution in [0, 0.1) is 0 Å². The third-order valence-electron chi connectivity index (χ3n) is 3.06. The van der Waals surface area contributed by atoms with Gasteiger partial charge in [0, 0.05) is 19.0 Å². The number of hydrogen-bond donors (Lipinski definition) is 4. The average Bonchev–Trinajstić information content (AvgIpc) is 2.84. The van der Waals surface area contributed by atoms with E-state index >= 15 is 0 Å². The van der Waals surface area contributed by atoms with E-state index in [-0.39, 0.29) is 12.5 Å². The number of amides is 1. The van der Waals surface area contributed by atoms with E-state index in [2.05, 4.69) is 10.3 Å². The number of methoxy groups -OCH3 is 1. The molecule has 0 saturated heterocycles. The van der Waals surface area contributed by atoms with Crippen molar-refractivity contribution in [3.63, 3.8) is 0 Å². The van der Waals surface area contributed by atoms with E-state index in [1.54, 1.807) is 12.1 Å². The van der Waals surface area contributed by atoms with E-state index < -0.39 is 6.10 Å². The summed E-state index contributed by atoms with van der Waals surface area (Å²) in [7, 11) is 1.52. The summed E-state index contributed by atoms with van der Waals surface area (Å²) >= 11 is 0. The lowest BCUT2D eigenvalue weighted by Gasteiger charge is -2.09. The first kappa shape index (κ1) is 14.4. The number of fused-ring (bicyclic) bond motifs is 1. The second-order valence-corrected chi connectivity index (χ2v) is 4.65. The fraction of sp³-hybridized carbons (Fsp3) is 0.357. The molecular weight excluding hydrogens is 258 g/mol. The van der Waals surface area contributed by atoms with Gasteiger partial charge in [-0.25, -0.2) is 0 Å². The largest absolute Gasteiger partial charge is 0.397 e. The van der Waals surface area contributed by atoms with Gasteiger partial charge in [0.15, 0.2) is 0 Å². The molecule has 1 aromatic carbocycles. The number of aromatic amines is 1. The van der Waals surface area contributed by atoms with E-state index in [1.807, 2.05) is 12.1 Å². The first-order valence-corrected chi connectivity index (χ1v) is 6.44. The van der Waals surface area contributed by atoms with E-state index in [0.29, 0.717) is 24.3 Å². The zero-order valence-corrected chi connectivity index (χ0v) is 11.3. The molecule has 0 aliphatic heterocycles. The van der Waals surface area contributed by atoms with Crippen molar-refractivity contribution in [3.8, 4) is 0 Å². The maximum atomic E-state index is 12.0. The normalized spacial score (nSPS) is 12.5. The Morgan fingerprint density at radius 2 is 2.35 bits per heavy atom. The molecule has 2 rings (SSSR count). The second kappa shape index (κ2) is 6.40. The number of aliphatic hydroxyl groups excluding tert-OH is 1. The maximum absolute atomic E-state index is 12.0. The third kappa shape index (κ3) is 3.28. The van der Waals surface area contributed by atoms with Gasteiger partial charge in [-0.1, -0.05) is 12.1 Å². The van der Waals surface area contributed by atoms with Gasteiger partial charge >= 0.3 is 0 Å². The summed E-state index contributed by atoms with van der Waals surface area (Å²) in [4.78, 5) is 15.0. The van der Waals surface area contributed by atoms with Gasteiger partial charge in [0.05, 0.1) is 23.9 Å². The number of aliphatic hydroxyl groups is 1. The van der Waals surface area contributed by atoms with Crippen LogP contribution in [-0.2, 0) is 4.74 Å². The molecule has 20 heavy (non-hydrogen) atoms. The summed E-state index contributed by atoms with van der Waals surface area (Å²) < 4.78 is 4.82. The Morgan fingerprint density at radius 3 is 3.05 bits per heavy atom. The molecule has 1 amide bonds. The zero-order chi connectivity index (χ0) is 14.5. The van der Waals surface area contributed by atoms with Crippen LogP contribution in [0.2, 0.25) is 0 Å². The molecule has 0 fully saturated rings. The SMILES string of the molecule is COCC(O)CCNC(=O)c1cc2cccc(N)c2[nH]1. The summed E-state index contributed by atoms with van der Waals surface area (Å²) in [5.41, 5.74) is 7.66. The van der Waals surface area contributed by atoms with Gasteiger partial charge in [-0.2, -0.15) is 0 Å². The summed E-state index contributed by atoms with van der Waals surface area (Å²) in [5, 5.41) is 13.1. The molecule has 0 aliphatic rings. The molecule has 5 N–H and O–H groups in total. The topological polar surface area (TPSA) is 100 Å². The molecule has 0 radical (unpaired) electrons. The molecule has 1 atom stereocenters. The number of ether oxygens (including phenoxy) is 1. The van der Waals surface area contributed by atoms with Gasteiger partial charge in [0.2, 0.25) is 0 Å². The van der Waals surface area contributed by atoms with Crippen LogP contribution in [0.4, 0.5) is 5.69 Å². The number of carbonyl (C=O) groups excluding carboxylic acids is 1. The monoisotopic (exact) mass is 277 g/mol. The zero-order valence-electron chi connectivity index (χ0n) is 11.3. The Morgan fingerprint density at radius 1 is 1.55 bits per heavy atom. The number of hydrogen-bond acceptors (Lipinski definition) is 4. The number of aromatic nitrogens is 1. The van der Waals surface area contributed by atoms with Crippen molar-refractivity contribution >= 4 is 22.5 Å². The van der Waals surface area contributed by atoms with Crippen LogP contribution in [-0.4, -0.2) is 42.4 Å². The molecule has 2 aromatic rings. The molecule has 6 heteroatoms. The first-order valence-electron chi connectivity index (χ1n) is 6.44. The molecular formula is C14H19N3O3. The van der Waals surface area contributed by atoms with Crippen molar-refractivity contribution in [2.45, 2.75) is 12.5 Å². The molecule has 0 spiro atoms. The van der Waals surface area contributed by atoms with Gasteiger partial charge in [0.25, 0.3) is 5.91 Å². The Hall–Kier alpha value is -2.05. The van der Waals surface area contributed by atoms with Crippen LogP contribution in [0.1, 0.15) is 16.9 Å². The third-order valence-corrected chi connectivity index (χ3v) is 3.06. The van der Waals surface area contributed by atoms with Crippen LogP contribution < -0.4 is 11.1 Å². The number of nitrogen functional groups attached to an aromatic ring is 1. The molecule has 0 bridgehead atoms. The lowest BCUT2D eigenvalue weighted by molar-refractivity contribution is 0.0587. The van der Waals surface area contributed by atoms with Gasteiger partial charge in [-0.3, -0.25) is 4.79 Å². The van der Waals surface area contributed by atoms with E-state index in [4.69, 9.17) is 10.5 Å². The van der Waals surface area contributed by atoms with Crippen LogP contribution in [0.5, 0.6) is 0 Å². The van der Waals surface area contributed by atoms with Crippen molar-refractivity contribution in [3.05, 3.63) is 30.0 Å². The summed E-state index contributed by atoms with van der Waals surface area (Å²) in [6, 6.07) is 7.27. The summed E-state index contributed by atoms with van der Waals surface area (Å²) in [6.07, 6.45) is -0.124. The smallest absolute Gasteiger partial charge is 0.267 e.